The zero-order valence-corrected chi connectivity index (χ0v) is 16.6. The largest absolute Gasteiger partial charge is 0.467 e. The first kappa shape index (κ1) is 20.9. The van der Waals surface area contributed by atoms with E-state index in [-0.39, 0.29) is 30.8 Å². The third-order valence-electron chi connectivity index (χ3n) is 4.53. The molecule has 0 unspecified atom stereocenters. The van der Waals surface area contributed by atoms with Crippen molar-refractivity contribution in [3.8, 4) is 0 Å². The minimum atomic E-state index is -0.308. The van der Waals surface area contributed by atoms with Crippen molar-refractivity contribution in [2.45, 2.75) is 13.1 Å². The van der Waals surface area contributed by atoms with Gasteiger partial charge in [0.15, 0.2) is 0 Å². The van der Waals surface area contributed by atoms with E-state index in [9.17, 15) is 14.4 Å². The van der Waals surface area contributed by atoms with Gasteiger partial charge in [0.05, 0.1) is 19.4 Å². The van der Waals surface area contributed by atoms with Crippen molar-refractivity contribution in [1.29, 1.82) is 0 Å². The Bertz CT molecular complexity index is 983. The van der Waals surface area contributed by atoms with Gasteiger partial charge in [-0.2, -0.15) is 0 Å². The van der Waals surface area contributed by atoms with Crippen molar-refractivity contribution >= 4 is 17.7 Å². The lowest BCUT2D eigenvalue weighted by atomic mass is 10.1. The smallest absolute Gasteiger partial charge is 0.251 e. The maximum absolute atomic E-state index is 12.8. The van der Waals surface area contributed by atoms with Crippen LogP contribution in [0.2, 0.25) is 0 Å². The highest BCUT2D eigenvalue weighted by molar-refractivity contribution is 5.96. The second-order valence-corrected chi connectivity index (χ2v) is 6.65. The zero-order valence-electron chi connectivity index (χ0n) is 16.6. The SMILES string of the molecule is CNC(=O)c1ccc(CN(Cc2ccco2)C(=O)CNC(=O)c2ccccc2)cc1. The number of rotatable bonds is 8. The number of hydrogen-bond acceptors (Lipinski definition) is 4. The van der Waals surface area contributed by atoms with Crippen molar-refractivity contribution in [2.75, 3.05) is 13.6 Å². The molecular weight excluding hydrogens is 382 g/mol. The summed E-state index contributed by atoms with van der Waals surface area (Å²) in [5.41, 5.74) is 1.89. The molecule has 3 amide bonds. The van der Waals surface area contributed by atoms with E-state index in [0.29, 0.717) is 23.4 Å². The predicted octanol–water partition coefficient (Wildman–Crippen LogP) is 2.60. The Morgan fingerprint density at radius 3 is 2.17 bits per heavy atom. The van der Waals surface area contributed by atoms with Gasteiger partial charge in [-0.1, -0.05) is 30.3 Å². The van der Waals surface area contributed by atoms with Crippen molar-refractivity contribution < 1.29 is 18.8 Å². The van der Waals surface area contributed by atoms with E-state index in [2.05, 4.69) is 10.6 Å². The van der Waals surface area contributed by atoms with Gasteiger partial charge in [-0.15, -0.1) is 0 Å². The van der Waals surface area contributed by atoms with E-state index >= 15 is 0 Å². The first-order valence-corrected chi connectivity index (χ1v) is 9.51. The first-order chi connectivity index (χ1) is 14.6. The molecule has 0 fully saturated rings. The van der Waals surface area contributed by atoms with Crippen LogP contribution in [-0.4, -0.2) is 36.2 Å². The molecule has 0 bridgehead atoms. The lowest BCUT2D eigenvalue weighted by Crippen LogP contribution is -2.39. The minimum absolute atomic E-state index is 0.134. The highest BCUT2D eigenvalue weighted by Crippen LogP contribution is 2.12. The Morgan fingerprint density at radius 1 is 0.833 bits per heavy atom. The maximum atomic E-state index is 12.8. The number of nitrogens with zero attached hydrogens (tertiary/aromatic N) is 1. The second kappa shape index (κ2) is 10.1. The van der Waals surface area contributed by atoms with Gasteiger partial charge < -0.3 is 20.0 Å². The molecule has 0 spiro atoms. The van der Waals surface area contributed by atoms with Crippen molar-refractivity contribution in [3.63, 3.8) is 0 Å². The number of furan rings is 1. The molecule has 2 aromatic carbocycles. The molecule has 7 nitrogen and oxygen atoms in total. The van der Waals surface area contributed by atoms with Gasteiger partial charge in [-0.25, -0.2) is 0 Å². The summed E-state index contributed by atoms with van der Waals surface area (Å²) in [4.78, 5) is 38.4. The summed E-state index contributed by atoms with van der Waals surface area (Å²) >= 11 is 0. The monoisotopic (exact) mass is 405 g/mol. The number of carbonyl (C=O) groups is 3. The van der Waals surface area contributed by atoms with Crippen molar-refractivity contribution in [1.82, 2.24) is 15.5 Å². The Balaban J connectivity index is 1.67. The summed E-state index contributed by atoms with van der Waals surface area (Å²) < 4.78 is 5.38. The Kier molecular flexibility index (Phi) is 7.00. The molecule has 0 aliphatic carbocycles. The van der Waals surface area contributed by atoms with Crippen LogP contribution in [0.25, 0.3) is 0 Å². The second-order valence-electron chi connectivity index (χ2n) is 6.65. The normalized spacial score (nSPS) is 10.3. The molecule has 0 saturated heterocycles. The van der Waals surface area contributed by atoms with Gasteiger partial charge in [0.2, 0.25) is 5.91 Å². The molecule has 7 heteroatoms. The molecule has 0 aliphatic rings. The van der Waals surface area contributed by atoms with Crippen LogP contribution in [0.15, 0.2) is 77.4 Å². The van der Waals surface area contributed by atoms with Gasteiger partial charge in [-0.05, 0) is 42.0 Å². The van der Waals surface area contributed by atoms with Crippen LogP contribution < -0.4 is 10.6 Å². The quantitative estimate of drug-likeness (QED) is 0.603. The van der Waals surface area contributed by atoms with Crippen LogP contribution in [-0.2, 0) is 17.9 Å². The van der Waals surface area contributed by atoms with Gasteiger partial charge >= 0.3 is 0 Å². The van der Waals surface area contributed by atoms with Crippen molar-refractivity contribution in [3.05, 3.63) is 95.4 Å². The molecule has 1 aromatic heterocycles. The summed E-state index contributed by atoms with van der Waals surface area (Å²) in [6.45, 7) is 0.448. The van der Waals surface area contributed by atoms with E-state index in [4.69, 9.17) is 4.42 Å². The van der Waals surface area contributed by atoms with Gasteiger partial charge in [0, 0.05) is 24.7 Å². The molecular formula is C23H23N3O4. The lowest BCUT2D eigenvalue weighted by Gasteiger charge is -2.22. The van der Waals surface area contributed by atoms with E-state index < -0.39 is 0 Å². The molecule has 0 saturated carbocycles. The number of nitrogens with one attached hydrogen (secondary N) is 2. The molecule has 1 heterocycles. The average Bonchev–Trinajstić information content (AvgIpc) is 3.30. The molecule has 30 heavy (non-hydrogen) atoms. The number of hydrogen-bond donors (Lipinski definition) is 2. The summed E-state index contributed by atoms with van der Waals surface area (Å²) in [6.07, 6.45) is 1.55. The van der Waals surface area contributed by atoms with Crippen molar-refractivity contribution in [2.24, 2.45) is 0 Å². The highest BCUT2D eigenvalue weighted by atomic mass is 16.3. The molecule has 0 radical (unpaired) electrons. The summed E-state index contributed by atoms with van der Waals surface area (Å²) in [6, 6.07) is 19.3. The van der Waals surface area contributed by atoms with Crippen LogP contribution in [0.5, 0.6) is 0 Å². The third-order valence-corrected chi connectivity index (χ3v) is 4.53. The summed E-state index contributed by atoms with van der Waals surface area (Å²) in [5, 5.41) is 5.24. The maximum Gasteiger partial charge on any atom is 0.251 e. The highest BCUT2D eigenvalue weighted by Gasteiger charge is 2.17. The van der Waals surface area contributed by atoms with E-state index in [1.165, 1.54) is 0 Å². The topological polar surface area (TPSA) is 91.7 Å². The van der Waals surface area contributed by atoms with Gasteiger partial charge in [-0.3, -0.25) is 14.4 Å². The van der Waals surface area contributed by atoms with E-state index in [1.807, 2.05) is 6.07 Å². The van der Waals surface area contributed by atoms with Crippen LogP contribution in [0, 0.1) is 0 Å². The number of benzene rings is 2. The molecule has 3 rings (SSSR count). The number of carbonyl (C=O) groups excluding carboxylic acids is 3. The van der Waals surface area contributed by atoms with Crippen LogP contribution >= 0.6 is 0 Å². The number of amides is 3. The van der Waals surface area contributed by atoms with E-state index in [0.717, 1.165) is 5.56 Å². The zero-order chi connectivity index (χ0) is 21.3. The molecule has 0 atom stereocenters. The molecule has 2 N–H and O–H groups in total. The first-order valence-electron chi connectivity index (χ1n) is 9.51. The van der Waals surface area contributed by atoms with E-state index in [1.54, 1.807) is 78.9 Å². The Hall–Kier alpha value is -3.87. The molecule has 3 aromatic rings. The van der Waals surface area contributed by atoms with Crippen LogP contribution in [0.4, 0.5) is 0 Å². The fourth-order valence-electron chi connectivity index (χ4n) is 2.91. The summed E-state index contributed by atoms with van der Waals surface area (Å²) in [7, 11) is 1.57. The Morgan fingerprint density at radius 2 is 1.53 bits per heavy atom. The lowest BCUT2D eigenvalue weighted by molar-refractivity contribution is -0.131. The molecule has 154 valence electrons. The fraction of sp³-hybridized carbons (Fsp3) is 0.174. The predicted molar refractivity (Wildman–Crippen MR) is 112 cm³/mol. The Labute approximate surface area is 174 Å². The summed E-state index contributed by atoms with van der Waals surface area (Å²) in [5.74, 6) is -0.0868. The molecule has 0 aliphatic heterocycles. The van der Waals surface area contributed by atoms with Crippen LogP contribution in [0.3, 0.4) is 0 Å². The van der Waals surface area contributed by atoms with Gasteiger partial charge in [0.1, 0.15) is 5.76 Å². The third kappa shape index (κ3) is 5.57. The fourth-order valence-corrected chi connectivity index (χ4v) is 2.91. The van der Waals surface area contributed by atoms with Crippen LogP contribution in [0.1, 0.15) is 32.0 Å². The average molecular weight is 405 g/mol. The standard InChI is InChI=1S/C23H23N3O4/c1-24-22(28)19-11-9-17(10-12-19)15-26(16-20-8-5-13-30-20)21(27)14-25-23(29)18-6-3-2-4-7-18/h2-13H,14-16H2,1H3,(H,24,28)(H,25,29). The van der Waals surface area contributed by atoms with Gasteiger partial charge in [0.25, 0.3) is 11.8 Å². The minimum Gasteiger partial charge on any atom is -0.467 e.